The van der Waals surface area contributed by atoms with E-state index in [1.807, 2.05) is 37.3 Å². The summed E-state index contributed by atoms with van der Waals surface area (Å²) in [7, 11) is 0. The van der Waals surface area contributed by atoms with Gasteiger partial charge in [0.1, 0.15) is 0 Å². The number of H-pyrrole nitrogens is 1. The SMILES string of the molecule is Cc1cc(Br)ccc1NC(=O)CCc1ccc2oc(=O)[nH]c2c1. The lowest BCUT2D eigenvalue weighted by Gasteiger charge is -2.08. The van der Waals surface area contributed by atoms with E-state index in [9.17, 15) is 9.59 Å². The molecule has 6 heteroatoms. The maximum absolute atomic E-state index is 12.1. The molecule has 0 spiro atoms. The van der Waals surface area contributed by atoms with E-state index in [1.54, 1.807) is 6.07 Å². The minimum atomic E-state index is -0.472. The van der Waals surface area contributed by atoms with Crippen LogP contribution in [0.3, 0.4) is 0 Å². The molecular formula is C17H15BrN2O3. The number of hydrogen-bond donors (Lipinski definition) is 2. The predicted molar refractivity (Wildman–Crippen MR) is 92.7 cm³/mol. The third kappa shape index (κ3) is 3.71. The van der Waals surface area contributed by atoms with Crippen LogP contribution in [0.2, 0.25) is 0 Å². The second-order valence-corrected chi connectivity index (χ2v) is 6.27. The number of halogens is 1. The van der Waals surface area contributed by atoms with Crippen molar-refractivity contribution in [2.45, 2.75) is 19.8 Å². The molecule has 0 atom stereocenters. The maximum atomic E-state index is 12.1. The topological polar surface area (TPSA) is 75.1 Å². The number of fused-ring (bicyclic) bond motifs is 1. The Balaban J connectivity index is 1.64. The zero-order chi connectivity index (χ0) is 16.4. The van der Waals surface area contributed by atoms with E-state index in [-0.39, 0.29) is 5.91 Å². The van der Waals surface area contributed by atoms with E-state index >= 15 is 0 Å². The van der Waals surface area contributed by atoms with Gasteiger partial charge in [-0.05, 0) is 54.8 Å². The molecule has 1 heterocycles. The zero-order valence-electron chi connectivity index (χ0n) is 12.5. The Hall–Kier alpha value is -2.34. The summed E-state index contributed by atoms with van der Waals surface area (Å²) in [6, 6.07) is 11.2. The molecule has 0 fully saturated rings. The number of oxazole rings is 1. The Labute approximate surface area is 140 Å². The van der Waals surface area contributed by atoms with Gasteiger partial charge in [0.05, 0.1) is 5.52 Å². The largest absolute Gasteiger partial charge is 0.417 e. The van der Waals surface area contributed by atoms with E-state index in [1.165, 1.54) is 0 Å². The van der Waals surface area contributed by atoms with Crippen molar-refractivity contribution in [3.05, 3.63) is 62.5 Å². The van der Waals surface area contributed by atoms with Crippen LogP contribution in [-0.4, -0.2) is 10.9 Å². The van der Waals surface area contributed by atoms with E-state index in [2.05, 4.69) is 26.2 Å². The third-order valence-corrected chi connectivity index (χ3v) is 4.08. The van der Waals surface area contributed by atoms with Gasteiger partial charge in [-0.3, -0.25) is 9.78 Å². The number of nitrogens with one attached hydrogen (secondary N) is 2. The lowest BCUT2D eigenvalue weighted by atomic mass is 10.1. The summed E-state index contributed by atoms with van der Waals surface area (Å²) >= 11 is 3.40. The molecule has 0 aliphatic rings. The highest BCUT2D eigenvalue weighted by molar-refractivity contribution is 9.10. The third-order valence-electron chi connectivity index (χ3n) is 3.59. The van der Waals surface area contributed by atoms with Crippen molar-refractivity contribution in [2.75, 3.05) is 5.32 Å². The van der Waals surface area contributed by atoms with Crippen molar-refractivity contribution in [3.63, 3.8) is 0 Å². The van der Waals surface area contributed by atoms with Crippen LogP contribution < -0.4 is 11.1 Å². The lowest BCUT2D eigenvalue weighted by Crippen LogP contribution is -2.13. The van der Waals surface area contributed by atoms with Gasteiger partial charge < -0.3 is 9.73 Å². The number of benzene rings is 2. The molecule has 118 valence electrons. The number of aryl methyl sites for hydroxylation is 2. The average Bonchev–Trinajstić information content (AvgIpc) is 2.87. The fraction of sp³-hybridized carbons (Fsp3) is 0.176. The highest BCUT2D eigenvalue weighted by atomic mass is 79.9. The molecule has 3 aromatic rings. The van der Waals surface area contributed by atoms with Crippen molar-refractivity contribution in [2.24, 2.45) is 0 Å². The summed E-state index contributed by atoms with van der Waals surface area (Å²) in [6.07, 6.45) is 0.952. The van der Waals surface area contributed by atoms with Crippen LogP contribution in [0.1, 0.15) is 17.5 Å². The van der Waals surface area contributed by atoms with E-state index in [4.69, 9.17) is 4.42 Å². The molecule has 0 bridgehead atoms. The molecular weight excluding hydrogens is 360 g/mol. The molecule has 23 heavy (non-hydrogen) atoms. The Morgan fingerprint density at radius 3 is 2.87 bits per heavy atom. The molecule has 0 radical (unpaired) electrons. The molecule has 0 aliphatic heterocycles. The monoisotopic (exact) mass is 374 g/mol. The minimum Gasteiger partial charge on any atom is -0.408 e. The summed E-state index contributed by atoms with van der Waals surface area (Å²) < 4.78 is 5.94. The summed E-state index contributed by atoms with van der Waals surface area (Å²) in [5.41, 5.74) is 3.96. The average molecular weight is 375 g/mol. The summed E-state index contributed by atoms with van der Waals surface area (Å²) in [5.74, 6) is -0.517. The van der Waals surface area contributed by atoms with Crippen molar-refractivity contribution in [3.8, 4) is 0 Å². The summed E-state index contributed by atoms with van der Waals surface area (Å²) in [4.78, 5) is 25.8. The second-order valence-electron chi connectivity index (χ2n) is 5.35. The number of aromatic amines is 1. The van der Waals surface area contributed by atoms with Gasteiger partial charge in [-0.2, -0.15) is 0 Å². The summed E-state index contributed by atoms with van der Waals surface area (Å²) in [5, 5.41) is 2.91. The van der Waals surface area contributed by atoms with Gasteiger partial charge in [0.15, 0.2) is 5.58 Å². The molecule has 5 nitrogen and oxygen atoms in total. The van der Waals surface area contributed by atoms with Gasteiger partial charge in [-0.15, -0.1) is 0 Å². The molecule has 0 aliphatic carbocycles. The molecule has 3 rings (SSSR count). The van der Waals surface area contributed by atoms with Crippen LogP contribution in [0.25, 0.3) is 11.1 Å². The number of carbonyl (C=O) groups is 1. The fourth-order valence-corrected chi connectivity index (χ4v) is 2.87. The van der Waals surface area contributed by atoms with Crippen LogP contribution in [0, 0.1) is 6.92 Å². The van der Waals surface area contributed by atoms with Crippen LogP contribution >= 0.6 is 15.9 Å². The molecule has 0 saturated heterocycles. The maximum Gasteiger partial charge on any atom is 0.417 e. The highest BCUT2D eigenvalue weighted by Gasteiger charge is 2.07. The van der Waals surface area contributed by atoms with Gasteiger partial charge in [0, 0.05) is 16.6 Å². The Morgan fingerprint density at radius 2 is 2.09 bits per heavy atom. The highest BCUT2D eigenvalue weighted by Crippen LogP contribution is 2.20. The first-order chi connectivity index (χ1) is 11.0. The van der Waals surface area contributed by atoms with Crippen LogP contribution in [0.4, 0.5) is 5.69 Å². The fourth-order valence-electron chi connectivity index (χ4n) is 2.39. The van der Waals surface area contributed by atoms with Gasteiger partial charge in [-0.25, -0.2) is 4.79 Å². The Bertz CT molecular complexity index is 927. The normalized spacial score (nSPS) is 10.9. The van der Waals surface area contributed by atoms with Crippen LogP contribution in [0.5, 0.6) is 0 Å². The van der Waals surface area contributed by atoms with Crippen molar-refractivity contribution < 1.29 is 9.21 Å². The van der Waals surface area contributed by atoms with E-state index < -0.39 is 5.76 Å². The molecule has 0 saturated carbocycles. The predicted octanol–water partition coefficient (Wildman–Crippen LogP) is 3.76. The number of anilines is 1. The lowest BCUT2D eigenvalue weighted by molar-refractivity contribution is -0.116. The number of rotatable bonds is 4. The smallest absolute Gasteiger partial charge is 0.408 e. The first kappa shape index (κ1) is 15.6. The Kier molecular flexibility index (Phi) is 4.34. The van der Waals surface area contributed by atoms with Gasteiger partial charge in [0.2, 0.25) is 5.91 Å². The molecule has 2 aromatic carbocycles. The van der Waals surface area contributed by atoms with Crippen molar-refractivity contribution in [1.29, 1.82) is 0 Å². The first-order valence-corrected chi connectivity index (χ1v) is 7.98. The molecule has 1 aromatic heterocycles. The van der Waals surface area contributed by atoms with E-state index in [0.717, 1.165) is 21.3 Å². The summed E-state index contributed by atoms with van der Waals surface area (Å²) in [6.45, 7) is 1.95. The number of amides is 1. The van der Waals surface area contributed by atoms with Gasteiger partial charge in [0.25, 0.3) is 0 Å². The quantitative estimate of drug-likeness (QED) is 0.729. The molecule has 2 N–H and O–H groups in total. The minimum absolute atomic E-state index is 0.0452. The van der Waals surface area contributed by atoms with Crippen molar-refractivity contribution >= 4 is 38.6 Å². The van der Waals surface area contributed by atoms with E-state index in [0.29, 0.717) is 23.9 Å². The van der Waals surface area contributed by atoms with Crippen molar-refractivity contribution in [1.82, 2.24) is 4.98 Å². The standard InChI is InChI=1S/C17H15BrN2O3/c1-10-8-12(18)4-5-13(10)19-16(21)7-3-11-2-6-15-14(9-11)20-17(22)23-15/h2,4-6,8-9H,3,7H2,1H3,(H,19,21)(H,20,22). The zero-order valence-corrected chi connectivity index (χ0v) is 14.1. The number of aromatic nitrogens is 1. The van der Waals surface area contributed by atoms with Gasteiger partial charge in [-0.1, -0.05) is 22.0 Å². The van der Waals surface area contributed by atoms with Gasteiger partial charge >= 0.3 is 5.76 Å². The second kappa shape index (κ2) is 6.42. The van der Waals surface area contributed by atoms with Crippen LogP contribution in [-0.2, 0) is 11.2 Å². The van der Waals surface area contributed by atoms with Crippen LogP contribution in [0.15, 0.2) is 50.1 Å². The molecule has 1 amide bonds. The molecule has 0 unspecified atom stereocenters. The Morgan fingerprint density at radius 1 is 1.26 bits per heavy atom. The first-order valence-electron chi connectivity index (χ1n) is 7.19. The number of hydrogen-bond acceptors (Lipinski definition) is 3. The number of carbonyl (C=O) groups excluding carboxylic acids is 1.